The SMILES string of the molecule is CCNC(=NCCS(=O)(=O)c1ccccc1)Nc1ccc(OC)c(OC)c1. The molecule has 0 aromatic heterocycles. The van der Waals surface area contributed by atoms with E-state index in [9.17, 15) is 8.42 Å². The van der Waals surface area contributed by atoms with Crippen molar-refractivity contribution in [2.24, 2.45) is 4.99 Å². The van der Waals surface area contributed by atoms with Gasteiger partial charge in [0.2, 0.25) is 0 Å². The van der Waals surface area contributed by atoms with Gasteiger partial charge in [0.25, 0.3) is 0 Å². The predicted octanol–water partition coefficient (Wildman–Crippen LogP) is 2.56. The van der Waals surface area contributed by atoms with Crippen molar-refractivity contribution in [1.29, 1.82) is 0 Å². The summed E-state index contributed by atoms with van der Waals surface area (Å²) in [5.74, 6) is 1.64. The predicted molar refractivity (Wildman–Crippen MR) is 108 cm³/mol. The summed E-state index contributed by atoms with van der Waals surface area (Å²) in [5.41, 5.74) is 0.748. The molecule has 8 heteroatoms. The van der Waals surface area contributed by atoms with E-state index in [0.29, 0.717) is 28.9 Å². The van der Waals surface area contributed by atoms with Gasteiger partial charge in [-0.25, -0.2) is 8.42 Å². The van der Waals surface area contributed by atoms with Crippen molar-refractivity contribution in [2.45, 2.75) is 11.8 Å². The van der Waals surface area contributed by atoms with Crippen LogP contribution in [0.2, 0.25) is 0 Å². The third kappa shape index (κ3) is 5.89. The maximum Gasteiger partial charge on any atom is 0.195 e. The van der Waals surface area contributed by atoms with Gasteiger partial charge in [-0.15, -0.1) is 0 Å². The molecule has 0 spiro atoms. The lowest BCUT2D eigenvalue weighted by atomic mass is 10.3. The van der Waals surface area contributed by atoms with E-state index in [4.69, 9.17) is 9.47 Å². The molecule has 0 bridgehead atoms. The first-order valence-electron chi connectivity index (χ1n) is 8.55. The lowest BCUT2D eigenvalue weighted by Gasteiger charge is -2.14. The van der Waals surface area contributed by atoms with Crippen molar-refractivity contribution >= 4 is 21.5 Å². The Kier molecular flexibility index (Phi) is 7.48. The minimum atomic E-state index is -3.36. The summed E-state index contributed by atoms with van der Waals surface area (Å²) in [4.78, 5) is 4.66. The van der Waals surface area contributed by atoms with Crippen LogP contribution in [-0.2, 0) is 9.84 Å². The highest BCUT2D eigenvalue weighted by Crippen LogP contribution is 2.29. The van der Waals surface area contributed by atoms with E-state index in [2.05, 4.69) is 15.6 Å². The van der Waals surface area contributed by atoms with Crippen molar-refractivity contribution in [3.05, 3.63) is 48.5 Å². The molecule has 2 aromatic carbocycles. The minimum absolute atomic E-state index is 0.0699. The molecule has 0 unspecified atom stereocenters. The molecular weight excluding hydrogens is 366 g/mol. The van der Waals surface area contributed by atoms with Crippen LogP contribution in [0.5, 0.6) is 11.5 Å². The standard InChI is InChI=1S/C19H25N3O4S/c1-4-20-19(22-15-10-11-17(25-2)18(14-15)26-3)21-12-13-27(23,24)16-8-6-5-7-9-16/h5-11,14H,4,12-13H2,1-3H3,(H2,20,21,22). The van der Waals surface area contributed by atoms with Gasteiger partial charge in [0.15, 0.2) is 27.3 Å². The first-order valence-corrected chi connectivity index (χ1v) is 10.2. The smallest absolute Gasteiger partial charge is 0.195 e. The zero-order valence-electron chi connectivity index (χ0n) is 15.7. The van der Waals surface area contributed by atoms with Crippen molar-refractivity contribution in [1.82, 2.24) is 5.32 Å². The van der Waals surface area contributed by atoms with E-state index >= 15 is 0 Å². The molecule has 0 amide bonds. The van der Waals surface area contributed by atoms with Crippen molar-refractivity contribution in [3.8, 4) is 11.5 Å². The van der Waals surface area contributed by atoms with Gasteiger partial charge in [0.1, 0.15) is 0 Å². The fraction of sp³-hybridized carbons (Fsp3) is 0.316. The number of guanidine groups is 1. The Labute approximate surface area is 160 Å². The Morgan fingerprint density at radius 2 is 1.74 bits per heavy atom. The Balaban J connectivity index is 2.08. The normalized spacial score (nSPS) is 11.7. The molecule has 146 valence electrons. The fourth-order valence-electron chi connectivity index (χ4n) is 2.38. The third-order valence-corrected chi connectivity index (χ3v) is 5.43. The zero-order chi connectivity index (χ0) is 19.7. The molecule has 0 saturated carbocycles. The Bertz CT molecular complexity index is 868. The van der Waals surface area contributed by atoms with Gasteiger partial charge in [-0.05, 0) is 31.2 Å². The molecule has 2 N–H and O–H groups in total. The summed E-state index contributed by atoms with van der Waals surface area (Å²) in [6.07, 6.45) is 0. The average molecular weight is 391 g/mol. The number of sulfone groups is 1. The number of hydrogen-bond donors (Lipinski definition) is 2. The van der Waals surface area contributed by atoms with Gasteiger partial charge in [0.05, 0.1) is 31.4 Å². The van der Waals surface area contributed by atoms with E-state index in [1.54, 1.807) is 56.7 Å². The molecule has 0 aliphatic heterocycles. The highest BCUT2D eigenvalue weighted by molar-refractivity contribution is 7.91. The van der Waals surface area contributed by atoms with Crippen LogP contribution < -0.4 is 20.1 Å². The maximum atomic E-state index is 12.3. The second kappa shape index (κ2) is 9.82. The summed E-state index contributed by atoms with van der Waals surface area (Å²) < 4.78 is 35.2. The number of methoxy groups -OCH3 is 2. The number of nitrogens with zero attached hydrogens (tertiary/aromatic N) is 1. The van der Waals surface area contributed by atoms with Crippen molar-refractivity contribution in [3.63, 3.8) is 0 Å². The van der Waals surface area contributed by atoms with E-state index in [1.165, 1.54) is 0 Å². The quantitative estimate of drug-likeness (QED) is 0.531. The molecular formula is C19H25N3O4S. The van der Waals surface area contributed by atoms with E-state index in [1.807, 2.05) is 13.0 Å². The number of nitrogens with one attached hydrogen (secondary N) is 2. The third-order valence-electron chi connectivity index (χ3n) is 3.72. The van der Waals surface area contributed by atoms with Crippen LogP contribution in [0, 0.1) is 0 Å². The van der Waals surface area contributed by atoms with Gasteiger partial charge in [-0.2, -0.15) is 0 Å². The molecule has 0 saturated heterocycles. The number of hydrogen-bond acceptors (Lipinski definition) is 5. The summed E-state index contributed by atoms with van der Waals surface area (Å²) in [5, 5.41) is 6.24. The van der Waals surface area contributed by atoms with Gasteiger partial charge in [-0.1, -0.05) is 18.2 Å². The zero-order valence-corrected chi connectivity index (χ0v) is 16.5. The summed E-state index contributed by atoms with van der Waals surface area (Å²) in [7, 11) is -0.225. The monoisotopic (exact) mass is 391 g/mol. The molecule has 0 aliphatic rings. The summed E-state index contributed by atoms with van der Waals surface area (Å²) in [6, 6.07) is 13.8. The topological polar surface area (TPSA) is 89.0 Å². The highest BCUT2D eigenvalue weighted by Gasteiger charge is 2.13. The molecule has 27 heavy (non-hydrogen) atoms. The van der Waals surface area contributed by atoms with E-state index < -0.39 is 9.84 Å². The molecule has 0 aliphatic carbocycles. The first-order chi connectivity index (χ1) is 13.0. The number of benzene rings is 2. The lowest BCUT2D eigenvalue weighted by Crippen LogP contribution is -2.31. The Morgan fingerprint density at radius 3 is 2.37 bits per heavy atom. The highest BCUT2D eigenvalue weighted by atomic mass is 32.2. The second-order valence-corrected chi connectivity index (χ2v) is 7.70. The largest absolute Gasteiger partial charge is 0.493 e. The van der Waals surface area contributed by atoms with Crippen LogP contribution in [0.4, 0.5) is 5.69 Å². The molecule has 2 rings (SSSR count). The maximum absolute atomic E-state index is 12.3. The molecule has 0 radical (unpaired) electrons. The Hall–Kier alpha value is -2.74. The molecule has 7 nitrogen and oxygen atoms in total. The number of rotatable bonds is 8. The average Bonchev–Trinajstić information content (AvgIpc) is 2.68. The van der Waals surface area contributed by atoms with E-state index in [0.717, 1.165) is 5.69 Å². The van der Waals surface area contributed by atoms with Gasteiger partial charge >= 0.3 is 0 Å². The van der Waals surface area contributed by atoms with Crippen LogP contribution in [0.3, 0.4) is 0 Å². The molecule has 2 aromatic rings. The van der Waals surface area contributed by atoms with E-state index in [-0.39, 0.29) is 12.3 Å². The number of ether oxygens (including phenoxy) is 2. The second-order valence-electron chi connectivity index (χ2n) is 5.59. The minimum Gasteiger partial charge on any atom is -0.493 e. The molecule has 0 atom stereocenters. The number of anilines is 1. The van der Waals surface area contributed by atoms with Gasteiger partial charge < -0.3 is 20.1 Å². The van der Waals surface area contributed by atoms with Gasteiger partial charge in [0, 0.05) is 18.3 Å². The first kappa shape index (κ1) is 20.6. The van der Waals surface area contributed by atoms with Gasteiger partial charge in [-0.3, -0.25) is 4.99 Å². The van der Waals surface area contributed by atoms with Crippen LogP contribution in [0.1, 0.15) is 6.92 Å². The fourth-order valence-corrected chi connectivity index (χ4v) is 3.52. The lowest BCUT2D eigenvalue weighted by molar-refractivity contribution is 0.355. The summed E-state index contributed by atoms with van der Waals surface area (Å²) in [6.45, 7) is 2.72. The van der Waals surface area contributed by atoms with Crippen molar-refractivity contribution < 1.29 is 17.9 Å². The Morgan fingerprint density at radius 1 is 1.04 bits per heavy atom. The van der Waals surface area contributed by atoms with Crippen LogP contribution in [0.25, 0.3) is 0 Å². The number of aliphatic imine (C=N–C) groups is 1. The molecule has 0 heterocycles. The van der Waals surface area contributed by atoms with Crippen LogP contribution in [-0.4, -0.2) is 47.4 Å². The summed E-state index contributed by atoms with van der Waals surface area (Å²) >= 11 is 0. The van der Waals surface area contributed by atoms with Crippen LogP contribution >= 0.6 is 0 Å². The van der Waals surface area contributed by atoms with Crippen LogP contribution in [0.15, 0.2) is 58.4 Å². The van der Waals surface area contributed by atoms with Crippen molar-refractivity contribution in [2.75, 3.05) is 38.4 Å². The molecule has 0 fully saturated rings.